The summed E-state index contributed by atoms with van der Waals surface area (Å²) in [6.45, 7) is 0.924. The van der Waals surface area contributed by atoms with Gasteiger partial charge in [0.25, 0.3) is 10.2 Å². The van der Waals surface area contributed by atoms with Crippen molar-refractivity contribution in [3.05, 3.63) is 30.3 Å². The maximum absolute atomic E-state index is 11.9. The first-order valence-corrected chi connectivity index (χ1v) is 7.29. The Balaban J connectivity index is 1.97. The second-order valence-corrected chi connectivity index (χ2v) is 6.63. The number of benzene rings is 1. The van der Waals surface area contributed by atoms with E-state index in [0.717, 1.165) is 12.2 Å². The average Bonchev–Trinajstić information content (AvgIpc) is 2.79. The Morgan fingerprint density at radius 3 is 2.56 bits per heavy atom. The van der Waals surface area contributed by atoms with Gasteiger partial charge in [0.15, 0.2) is 0 Å². The number of nitrogens with zero attached hydrogens (tertiary/aromatic N) is 2. The summed E-state index contributed by atoms with van der Waals surface area (Å²) in [6, 6.07) is 9.48. The van der Waals surface area contributed by atoms with Crippen LogP contribution in [0.2, 0.25) is 0 Å². The van der Waals surface area contributed by atoms with Gasteiger partial charge in [0.05, 0.1) is 6.54 Å². The van der Waals surface area contributed by atoms with Gasteiger partial charge in [-0.15, -0.1) is 0 Å². The SMILES string of the molecule is CN(C)S(=O)(=O)N1CCC(Oc2ccccc2)C1. The molecule has 1 saturated heterocycles. The van der Waals surface area contributed by atoms with Gasteiger partial charge >= 0.3 is 0 Å². The number of rotatable bonds is 4. The predicted molar refractivity (Wildman–Crippen MR) is 69.7 cm³/mol. The third-order valence-electron chi connectivity index (χ3n) is 2.94. The molecular weight excluding hydrogens is 252 g/mol. The van der Waals surface area contributed by atoms with E-state index in [1.807, 2.05) is 30.3 Å². The standard InChI is InChI=1S/C12H18N2O3S/c1-13(2)18(15,16)14-9-8-12(10-14)17-11-6-4-3-5-7-11/h3-7,12H,8-10H2,1-2H3. The minimum Gasteiger partial charge on any atom is -0.489 e. The fourth-order valence-corrected chi connectivity index (χ4v) is 3.08. The van der Waals surface area contributed by atoms with Gasteiger partial charge in [0.2, 0.25) is 0 Å². The van der Waals surface area contributed by atoms with Crippen LogP contribution in [0.3, 0.4) is 0 Å². The lowest BCUT2D eigenvalue weighted by molar-refractivity contribution is 0.214. The summed E-state index contributed by atoms with van der Waals surface area (Å²) < 4.78 is 32.3. The molecule has 1 atom stereocenters. The van der Waals surface area contributed by atoms with Gasteiger partial charge in [-0.05, 0) is 18.6 Å². The van der Waals surface area contributed by atoms with E-state index in [1.165, 1.54) is 8.61 Å². The predicted octanol–water partition coefficient (Wildman–Crippen LogP) is 0.946. The summed E-state index contributed by atoms with van der Waals surface area (Å²) in [4.78, 5) is 0. The minimum atomic E-state index is -3.32. The van der Waals surface area contributed by atoms with Crippen LogP contribution in [0.15, 0.2) is 30.3 Å². The topological polar surface area (TPSA) is 49.9 Å². The Bertz CT molecular complexity index is 487. The first-order chi connectivity index (χ1) is 8.50. The normalized spacial score (nSPS) is 21.4. The maximum Gasteiger partial charge on any atom is 0.281 e. The summed E-state index contributed by atoms with van der Waals surface area (Å²) in [7, 11) is -0.230. The van der Waals surface area contributed by atoms with E-state index in [4.69, 9.17) is 4.74 Å². The van der Waals surface area contributed by atoms with Crippen molar-refractivity contribution in [3.63, 3.8) is 0 Å². The van der Waals surface area contributed by atoms with Crippen molar-refractivity contribution in [2.45, 2.75) is 12.5 Å². The van der Waals surface area contributed by atoms with Gasteiger partial charge in [-0.25, -0.2) is 0 Å². The van der Waals surface area contributed by atoms with Crippen LogP contribution in [0, 0.1) is 0 Å². The zero-order valence-corrected chi connectivity index (χ0v) is 11.4. The zero-order chi connectivity index (χ0) is 13.2. The third-order valence-corrected chi connectivity index (χ3v) is 4.85. The molecule has 0 radical (unpaired) electrons. The molecule has 0 aliphatic carbocycles. The van der Waals surface area contributed by atoms with Gasteiger partial charge in [-0.3, -0.25) is 0 Å². The van der Waals surface area contributed by atoms with E-state index in [-0.39, 0.29) is 6.10 Å². The van der Waals surface area contributed by atoms with Gasteiger partial charge in [-0.1, -0.05) is 18.2 Å². The molecule has 1 aromatic rings. The van der Waals surface area contributed by atoms with Crippen LogP contribution < -0.4 is 4.74 Å². The molecule has 18 heavy (non-hydrogen) atoms. The Morgan fingerprint density at radius 2 is 1.94 bits per heavy atom. The van der Waals surface area contributed by atoms with Crippen LogP contribution in [0.4, 0.5) is 0 Å². The molecule has 0 saturated carbocycles. The summed E-state index contributed by atoms with van der Waals surface area (Å²) in [6.07, 6.45) is 0.657. The van der Waals surface area contributed by atoms with Crippen LogP contribution in [-0.4, -0.2) is 50.3 Å². The van der Waals surface area contributed by atoms with E-state index in [1.54, 1.807) is 14.1 Å². The molecular formula is C12H18N2O3S. The van der Waals surface area contributed by atoms with Crippen molar-refractivity contribution in [1.82, 2.24) is 8.61 Å². The molecule has 5 nitrogen and oxygen atoms in total. The van der Waals surface area contributed by atoms with Crippen LogP contribution in [0.25, 0.3) is 0 Å². The second-order valence-electron chi connectivity index (χ2n) is 4.49. The van der Waals surface area contributed by atoms with Crippen molar-refractivity contribution in [3.8, 4) is 5.75 Å². The van der Waals surface area contributed by atoms with Crippen LogP contribution in [0.1, 0.15) is 6.42 Å². The monoisotopic (exact) mass is 270 g/mol. The van der Waals surface area contributed by atoms with Gasteiger partial charge in [-0.2, -0.15) is 17.0 Å². The maximum atomic E-state index is 11.9. The molecule has 1 heterocycles. The highest BCUT2D eigenvalue weighted by molar-refractivity contribution is 7.86. The molecule has 0 spiro atoms. The molecule has 1 aliphatic heterocycles. The number of para-hydroxylation sites is 1. The number of ether oxygens (including phenoxy) is 1. The molecule has 0 bridgehead atoms. The van der Waals surface area contributed by atoms with Crippen molar-refractivity contribution in [2.24, 2.45) is 0 Å². The molecule has 0 N–H and O–H groups in total. The van der Waals surface area contributed by atoms with Crippen molar-refractivity contribution >= 4 is 10.2 Å². The number of hydrogen-bond acceptors (Lipinski definition) is 3. The van der Waals surface area contributed by atoms with Crippen LogP contribution in [0.5, 0.6) is 5.75 Å². The smallest absolute Gasteiger partial charge is 0.281 e. The van der Waals surface area contributed by atoms with Crippen molar-refractivity contribution in [2.75, 3.05) is 27.2 Å². The highest BCUT2D eigenvalue weighted by atomic mass is 32.2. The largest absolute Gasteiger partial charge is 0.489 e. The molecule has 2 rings (SSSR count). The lowest BCUT2D eigenvalue weighted by Crippen LogP contribution is -2.39. The minimum absolute atomic E-state index is 0.0675. The molecule has 100 valence electrons. The molecule has 1 fully saturated rings. The molecule has 1 unspecified atom stereocenters. The third kappa shape index (κ3) is 2.82. The zero-order valence-electron chi connectivity index (χ0n) is 10.6. The van der Waals surface area contributed by atoms with E-state index >= 15 is 0 Å². The lowest BCUT2D eigenvalue weighted by Gasteiger charge is -2.20. The van der Waals surface area contributed by atoms with Crippen LogP contribution >= 0.6 is 0 Å². The Hall–Kier alpha value is -1.11. The molecule has 6 heteroatoms. The fraction of sp³-hybridized carbons (Fsp3) is 0.500. The first-order valence-electron chi connectivity index (χ1n) is 5.89. The average molecular weight is 270 g/mol. The summed E-state index contributed by atoms with van der Waals surface area (Å²) in [5.74, 6) is 0.784. The first kappa shape index (κ1) is 13.3. The molecule has 1 aromatic carbocycles. The van der Waals surface area contributed by atoms with E-state index < -0.39 is 10.2 Å². The summed E-state index contributed by atoms with van der Waals surface area (Å²) in [5.41, 5.74) is 0. The Labute approximate surface area is 108 Å². The van der Waals surface area contributed by atoms with Gasteiger partial charge < -0.3 is 4.74 Å². The number of hydrogen-bond donors (Lipinski definition) is 0. The van der Waals surface area contributed by atoms with Crippen molar-refractivity contribution < 1.29 is 13.2 Å². The molecule has 0 aromatic heterocycles. The lowest BCUT2D eigenvalue weighted by atomic mass is 10.3. The van der Waals surface area contributed by atoms with E-state index in [2.05, 4.69) is 0 Å². The van der Waals surface area contributed by atoms with E-state index in [9.17, 15) is 8.42 Å². The van der Waals surface area contributed by atoms with Gasteiger partial charge in [0, 0.05) is 20.6 Å². The highest BCUT2D eigenvalue weighted by Crippen LogP contribution is 2.20. The highest BCUT2D eigenvalue weighted by Gasteiger charge is 2.33. The van der Waals surface area contributed by atoms with Gasteiger partial charge in [0.1, 0.15) is 11.9 Å². The Kier molecular flexibility index (Phi) is 3.89. The summed E-state index contributed by atoms with van der Waals surface area (Å²) in [5, 5.41) is 0. The quantitative estimate of drug-likeness (QED) is 0.818. The van der Waals surface area contributed by atoms with E-state index in [0.29, 0.717) is 13.1 Å². The van der Waals surface area contributed by atoms with Crippen LogP contribution in [-0.2, 0) is 10.2 Å². The second kappa shape index (κ2) is 5.26. The van der Waals surface area contributed by atoms with Crippen molar-refractivity contribution in [1.29, 1.82) is 0 Å². The molecule has 0 amide bonds. The summed E-state index contributed by atoms with van der Waals surface area (Å²) >= 11 is 0. The Morgan fingerprint density at radius 1 is 1.28 bits per heavy atom. The molecule has 1 aliphatic rings. The fourth-order valence-electron chi connectivity index (χ4n) is 1.93.